The van der Waals surface area contributed by atoms with E-state index in [2.05, 4.69) is 15.5 Å². The Labute approximate surface area is 197 Å². The van der Waals surface area contributed by atoms with Crippen LogP contribution in [0.15, 0.2) is 40.3 Å². The maximum Gasteiger partial charge on any atom is 0.284 e. The van der Waals surface area contributed by atoms with Crippen molar-refractivity contribution >= 4 is 39.3 Å². The van der Waals surface area contributed by atoms with Crippen LogP contribution < -0.4 is 15.0 Å². The fourth-order valence-corrected chi connectivity index (χ4v) is 3.97. The fraction of sp³-hybridized carbons (Fsp3) is 0.238. The highest BCUT2D eigenvalue weighted by atomic mass is 32.1. The van der Waals surface area contributed by atoms with Crippen molar-refractivity contribution in [3.05, 3.63) is 51.8 Å². The zero-order chi connectivity index (χ0) is 24.1. The monoisotopic (exact) mass is 482 g/mol. The molecule has 1 N–H and O–H groups in total. The number of amides is 1. The smallest absolute Gasteiger partial charge is 0.284 e. The number of carbonyl (C=O) groups excluding carboxylic acids is 1. The number of hydrogen-bond acceptors (Lipinski definition) is 11. The van der Waals surface area contributed by atoms with Crippen LogP contribution in [0.3, 0.4) is 0 Å². The number of morpholine rings is 1. The molecule has 1 saturated heterocycles. The Balaban J connectivity index is 1.51. The third-order valence-corrected chi connectivity index (χ3v) is 5.76. The number of ether oxygens (including phenoxy) is 2. The molecule has 0 spiro atoms. The molecule has 1 fully saturated rings. The highest BCUT2D eigenvalue weighted by Gasteiger charge is 2.21. The van der Waals surface area contributed by atoms with E-state index in [1.165, 1.54) is 48.8 Å². The third-order valence-electron chi connectivity index (χ3n) is 4.86. The zero-order valence-corrected chi connectivity index (χ0v) is 18.7. The number of anilines is 2. The van der Waals surface area contributed by atoms with E-state index in [9.17, 15) is 20.2 Å². The van der Waals surface area contributed by atoms with Crippen LogP contribution in [0.2, 0.25) is 0 Å². The van der Waals surface area contributed by atoms with Crippen LogP contribution in [-0.4, -0.2) is 54.4 Å². The standard InChI is InChI=1S/C21H18N6O6S/c1-31-14-2-4-16(17(11-14)27(29)30)18-5-3-15(33-18)10-13(12-22)19(28)23-20-24-25-21(34-20)26-6-8-32-9-7-26/h2-5,10-11H,6-9H2,1H3,(H,23,24,28)/b13-10-. The lowest BCUT2D eigenvalue weighted by molar-refractivity contribution is -0.384. The first-order valence-electron chi connectivity index (χ1n) is 10.0. The number of carbonyl (C=O) groups is 1. The number of hydrogen-bond donors (Lipinski definition) is 1. The van der Waals surface area contributed by atoms with Gasteiger partial charge in [-0.3, -0.25) is 20.2 Å². The Morgan fingerprint density at radius 3 is 2.82 bits per heavy atom. The van der Waals surface area contributed by atoms with Gasteiger partial charge < -0.3 is 18.8 Å². The summed E-state index contributed by atoms with van der Waals surface area (Å²) < 4.78 is 16.0. The molecular weight excluding hydrogens is 464 g/mol. The lowest BCUT2D eigenvalue weighted by atomic mass is 10.1. The molecule has 0 radical (unpaired) electrons. The molecule has 0 unspecified atom stereocenters. The van der Waals surface area contributed by atoms with Crippen LogP contribution >= 0.6 is 11.3 Å². The maximum atomic E-state index is 12.6. The molecule has 1 amide bonds. The summed E-state index contributed by atoms with van der Waals surface area (Å²) in [5, 5.41) is 32.4. The van der Waals surface area contributed by atoms with Crippen LogP contribution in [-0.2, 0) is 9.53 Å². The van der Waals surface area contributed by atoms with Crippen molar-refractivity contribution in [2.45, 2.75) is 0 Å². The average Bonchev–Trinajstić information content (AvgIpc) is 3.52. The number of nitro groups is 1. The number of furan rings is 1. The number of nitrogens with zero attached hydrogens (tertiary/aromatic N) is 5. The van der Waals surface area contributed by atoms with Crippen molar-refractivity contribution in [1.82, 2.24) is 10.2 Å². The second-order valence-corrected chi connectivity index (χ2v) is 7.91. The molecule has 3 aromatic rings. The van der Waals surface area contributed by atoms with Crippen LogP contribution in [0.5, 0.6) is 5.75 Å². The molecule has 1 aromatic carbocycles. The van der Waals surface area contributed by atoms with Gasteiger partial charge in [-0.2, -0.15) is 5.26 Å². The first-order chi connectivity index (χ1) is 16.5. The van der Waals surface area contributed by atoms with Gasteiger partial charge in [0.2, 0.25) is 10.3 Å². The lowest BCUT2D eigenvalue weighted by Gasteiger charge is -2.25. The Morgan fingerprint density at radius 1 is 1.32 bits per heavy atom. The third kappa shape index (κ3) is 5.03. The van der Waals surface area contributed by atoms with Crippen LogP contribution in [0.25, 0.3) is 17.4 Å². The molecule has 0 saturated carbocycles. The molecule has 12 nitrogen and oxygen atoms in total. The largest absolute Gasteiger partial charge is 0.497 e. The number of aromatic nitrogens is 2. The van der Waals surface area contributed by atoms with E-state index in [1.54, 1.807) is 6.07 Å². The summed E-state index contributed by atoms with van der Waals surface area (Å²) in [5.74, 6) is 0.0373. The summed E-state index contributed by atoms with van der Waals surface area (Å²) in [5.41, 5.74) is -0.194. The summed E-state index contributed by atoms with van der Waals surface area (Å²) in [7, 11) is 1.41. The predicted molar refractivity (Wildman–Crippen MR) is 123 cm³/mol. The molecular formula is C21H18N6O6S. The van der Waals surface area contributed by atoms with Crippen molar-refractivity contribution in [3.8, 4) is 23.1 Å². The Bertz CT molecular complexity index is 1290. The SMILES string of the molecule is COc1ccc(-c2ccc(/C=C(/C#N)C(=O)Nc3nnc(N4CCOCC4)s3)o2)c([N+](=O)[O-])c1. The molecule has 2 aromatic heterocycles. The molecule has 13 heteroatoms. The second kappa shape index (κ2) is 10.1. The molecule has 0 aliphatic carbocycles. The van der Waals surface area contributed by atoms with Gasteiger partial charge in [0, 0.05) is 19.2 Å². The predicted octanol–water partition coefficient (Wildman–Crippen LogP) is 3.10. The lowest BCUT2D eigenvalue weighted by Crippen LogP contribution is -2.36. The van der Waals surface area contributed by atoms with E-state index in [4.69, 9.17) is 13.9 Å². The van der Waals surface area contributed by atoms with Crippen molar-refractivity contribution < 1.29 is 23.6 Å². The normalized spacial score (nSPS) is 13.9. The molecule has 1 aliphatic rings. The fourth-order valence-electron chi connectivity index (χ4n) is 3.18. The van der Waals surface area contributed by atoms with E-state index >= 15 is 0 Å². The number of rotatable bonds is 7. The molecule has 4 rings (SSSR count). The van der Waals surface area contributed by atoms with Crippen molar-refractivity contribution in [1.29, 1.82) is 5.26 Å². The quantitative estimate of drug-likeness (QED) is 0.230. The molecule has 0 bridgehead atoms. The number of benzene rings is 1. The van der Waals surface area contributed by atoms with Gasteiger partial charge in [0.1, 0.15) is 28.9 Å². The van der Waals surface area contributed by atoms with Crippen molar-refractivity contribution in [2.24, 2.45) is 0 Å². The highest BCUT2D eigenvalue weighted by Crippen LogP contribution is 2.34. The summed E-state index contributed by atoms with van der Waals surface area (Å²) >= 11 is 1.19. The number of nitrogens with one attached hydrogen (secondary N) is 1. The van der Waals surface area contributed by atoms with E-state index in [-0.39, 0.29) is 33.5 Å². The van der Waals surface area contributed by atoms with E-state index in [0.29, 0.717) is 37.2 Å². The number of nitro benzene ring substituents is 1. The van der Waals surface area contributed by atoms with E-state index in [1.807, 2.05) is 11.0 Å². The first kappa shape index (κ1) is 22.9. The summed E-state index contributed by atoms with van der Waals surface area (Å²) in [4.78, 5) is 25.5. The van der Waals surface area contributed by atoms with Crippen LogP contribution in [0.1, 0.15) is 5.76 Å². The van der Waals surface area contributed by atoms with E-state index < -0.39 is 10.8 Å². The van der Waals surface area contributed by atoms with Gasteiger partial charge in [0.25, 0.3) is 11.6 Å². The maximum absolute atomic E-state index is 12.6. The van der Waals surface area contributed by atoms with Gasteiger partial charge in [-0.05, 0) is 24.3 Å². The molecule has 3 heterocycles. The minimum Gasteiger partial charge on any atom is -0.497 e. The van der Waals surface area contributed by atoms with Crippen LogP contribution in [0, 0.1) is 21.4 Å². The highest BCUT2D eigenvalue weighted by molar-refractivity contribution is 7.19. The molecule has 174 valence electrons. The average molecular weight is 482 g/mol. The summed E-state index contributed by atoms with van der Waals surface area (Å²) in [6, 6.07) is 9.22. The Hall–Kier alpha value is -4.28. The summed E-state index contributed by atoms with van der Waals surface area (Å²) in [6.45, 7) is 2.54. The van der Waals surface area contributed by atoms with Crippen LogP contribution in [0.4, 0.5) is 16.0 Å². The molecule has 1 aliphatic heterocycles. The van der Waals surface area contributed by atoms with Gasteiger partial charge in [-0.1, -0.05) is 11.3 Å². The van der Waals surface area contributed by atoms with Gasteiger partial charge >= 0.3 is 0 Å². The summed E-state index contributed by atoms with van der Waals surface area (Å²) in [6.07, 6.45) is 1.25. The number of nitriles is 1. The zero-order valence-electron chi connectivity index (χ0n) is 17.9. The topological polar surface area (TPSA) is 157 Å². The molecule has 34 heavy (non-hydrogen) atoms. The van der Waals surface area contributed by atoms with Crippen molar-refractivity contribution in [3.63, 3.8) is 0 Å². The van der Waals surface area contributed by atoms with Gasteiger partial charge in [0.05, 0.1) is 36.9 Å². The first-order valence-corrected chi connectivity index (χ1v) is 10.8. The van der Waals surface area contributed by atoms with Gasteiger partial charge in [0.15, 0.2) is 0 Å². The molecule has 0 atom stereocenters. The van der Waals surface area contributed by atoms with Crippen molar-refractivity contribution in [2.75, 3.05) is 43.6 Å². The second-order valence-electron chi connectivity index (χ2n) is 6.96. The Kier molecular flexibility index (Phi) is 6.81. The Morgan fingerprint density at radius 2 is 2.12 bits per heavy atom. The van der Waals surface area contributed by atoms with E-state index in [0.717, 1.165) is 0 Å². The minimum absolute atomic E-state index is 0.179. The van der Waals surface area contributed by atoms with Gasteiger partial charge in [-0.15, -0.1) is 10.2 Å². The van der Waals surface area contributed by atoms with Gasteiger partial charge in [-0.25, -0.2) is 0 Å². The number of methoxy groups -OCH3 is 1. The minimum atomic E-state index is -0.680.